The van der Waals surface area contributed by atoms with Crippen LogP contribution in [0.15, 0.2) is 120 Å². The summed E-state index contributed by atoms with van der Waals surface area (Å²) in [5, 5.41) is 11.0. The summed E-state index contributed by atoms with van der Waals surface area (Å²) in [6.45, 7) is 0. The fraction of sp³-hybridized carbons (Fsp3) is 0.0714. The SMILES string of the molecule is COc1ccc([C@@H](C=C(c2ccccc2)c2ccccc2)NS(=O)(=O)c2ccc([N+](=O)[O-])cc2)cc1. The first-order chi connectivity index (χ1) is 17.4. The lowest BCUT2D eigenvalue weighted by Crippen LogP contribution is -2.28. The molecule has 4 aromatic carbocycles. The Bertz CT molecular complexity index is 1410. The lowest BCUT2D eigenvalue weighted by molar-refractivity contribution is -0.384. The number of hydrogen-bond acceptors (Lipinski definition) is 5. The average molecular weight is 501 g/mol. The Balaban J connectivity index is 1.81. The van der Waals surface area contributed by atoms with Gasteiger partial charge in [0.25, 0.3) is 5.69 Å². The molecular formula is C28H24N2O5S. The maximum atomic E-state index is 13.3. The number of benzene rings is 4. The number of non-ortho nitro benzene ring substituents is 1. The van der Waals surface area contributed by atoms with Crippen LogP contribution >= 0.6 is 0 Å². The molecule has 0 aliphatic carbocycles. The predicted octanol–water partition coefficient (Wildman–Crippen LogP) is 5.75. The smallest absolute Gasteiger partial charge is 0.269 e. The normalized spacial score (nSPS) is 11.9. The Kier molecular flexibility index (Phi) is 7.58. The first-order valence-corrected chi connectivity index (χ1v) is 12.6. The molecule has 4 rings (SSSR count). The monoisotopic (exact) mass is 500 g/mol. The maximum Gasteiger partial charge on any atom is 0.269 e. The van der Waals surface area contributed by atoms with Gasteiger partial charge in [-0.25, -0.2) is 8.42 Å². The van der Waals surface area contributed by atoms with Crippen molar-refractivity contribution in [3.8, 4) is 5.75 Å². The topological polar surface area (TPSA) is 98.5 Å². The minimum absolute atomic E-state index is 0.0685. The van der Waals surface area contributed by atoms with Crippen molar-refractivity contribution in [3.63, 3.8) is 0 Å². The average Bonchev–Trinajstić information content (AvgIpc) is 2.92. The van der Waals surface area contributed by atoms with Gasteiger partial charge in [-0.05, 0) is 46.5 Å². The third kappa shape index (κ3) is 5.86. The quantitative estimate of drug-likeness (QED) is 0.233. The van der Waals surface area contributed by atoms with Gasteiger partial charge in [0.2, 0.25) is 10.0 Å². The minimum Gasteiger partial charge on any atom is -0.497 e. The van der Waals surface area contributed by atoms with E-state index in [1.54, 1.807) is 31.4 Å². The van der Waals surface area contributed by atoms with E-state index in [1.165, 1.54) is 24.3 Å². The molecule has 8 heteroatoms. The van der Waals surface area contributed by atoms with E-state index in [1.807, 2.05) is 66.7 Å². The lowest BCUT2D eigenvalue weighted by Gasteiger charge is -2.19. The van der Waals surface area contributed by atoms with Crippen LogP contribution < -0.4 is 9.46 Å². The van der Waals surface area contributed by atoms with Gasteiger partial charge >= 0.3 is 0 Å². The van der Waals surface area contributed by atoms with Crippen molar-refractivity contribution in [1.29, 1.82) is 0 Å². The number of nitro benzene ring substituents is 1. The van der Waals surface area contributed by atoms with Crippen LogP contribution in [0.4, 0.5) is 5.69 Å². The number of nitrogens with one attached hydrogen (secondary N) is 1. The molecule has 0 fully saturated rings. The molecule has 7 nitrogen and oxygen atoms in total. The van der Waals surface area contributed by atoms with E-state index >= 15 is 0 Å². The first-order valence-electron chi connectivity index (χ1n) is 11.1. The van der Waals surface area contributed by atoms with Crippen molar-refractivity contribution in [2.24, 2.45) is 0 Å². The summed E-state index contributed by atoms with van der Waals surface area (Å²) in [5.74, 6) is 0.644. The first kappa shape index (κ1) is 24.8. The summed E-state index contributed by atoms with van der Waals surface area (Å²) in [6, 6.07) is 30.6. The highest BCUT2D eigenvalue weighted by Gasteiger charge is 2.22. The molecule has 0 saturated heterocycles. The molecular weight excluding hydrogens is 476 g/mol. The molecule has 36 heavy (non-hydrogen) atoms. The van der Waals surface area contributed by atoms with Gasteiger partial charge in [0.1, 0.15) is 5.75 Å². The lowest BCUT2D eigenvalue weighted by atomic mass is 9.94. The molecule has 0 spiro atoms. The summed E-state index contributed by atoms with van der Waals surface area (Å²) in [7, 11) is -2.46. The van der Waals surface area contributed by atoms with Crippen molar-refractivity contribution in [2.75, 3.05) is 7.11 Å². The van der Waals surface area contributed by atoms with Crippen molar-refractivity contribution in [1.82, 2.24) is 4.72 Å². The van der Waals surface area contributed by atoms with Gasteiger partial charge in [-0.1, -0.05) is 78.9 Å². The van der Waals surface area contributed by atoms with Gasteiger partial charge in [0, 0.05) is 12.1 Å². The summed E-state index contributed by atoms with van der Waals surface area (Å²) >= 11 is 0. The number of rotatable bonds is 9. The van der Waals surface area contributed by atoms with Crippen LogP contribution in [0, 0.1) is 10.1 Å². The number of nitro groups is 1. The van der Waals surface area contributed by atoms with E-state index in [0.717, 1.165) is 16.7 Å². The van der Waals surface area contributed by atoms with Gasteiger partial charge in [-0.3, -0.25) is 10.1 Å². The summed E-state index contributed by atoms with van der Waals surface area (Å²) < 4.78 is 34.7. The van der Waals surface area contributed by atoms with Crippen LogP contribution in [0.2, 0.25) is 0 Å². The van der Waals surface area contributed by atoms with Crippen LogP contribution in [0.3, 0.4) is 0 Å². The van der Waals surface area contributed by atoms with Gasteiger partial charge in [0.15, 0.2) is 0 Å². The molecule has 1 N–H and O–H groups in total. The Morgan fingerprint density at radius 3 is 1.83 bits per heavy atom. The van der Waals surface area contributed by atoms with Crippen molar-refractivity contribution >= 4 is 21.3 Å². The van der Waals surface area contributed by atoms with E-state index in [4.69, 9.17) is 4.74 Å². The van der Waals surface area contributed by atoms with Crippen LogP contribution in [-0.4, -0.2) is 20.5 Å². The van der Waals surface area contributed by atoms with Gasteiger partial charge in [-0.15, -0.1) is 0 Å². The molecule has 0 unspecified atom stereocenters. The number of hydrogen-bond donors (Lipinski definition) is 1. The Morgan fingerprint density at radius 2 is 1.36 bits per heavy atom. The van der Waals surface area contributed by atoms with Crippen LogP contribution in [0.1, 0.15) is 22.7 Å². The van der Waals surface area contributed by atoms with Crippen molar-refractivity contribution < 1.29 is 18.1 Å². The van der Waals surface area contributed by atoms with Gasteiger partial charge in [-0.2, -0.15) is 4.72 Å². The molecule has 182 valence electrons. The predicted molar refractivity (Wildman–Crippen MR) is 139 cm³/mol. The third-order valence-electron chi connectivity index (χ3n) is 5.62. The molecule has 1 atom stereocenters. The molecule has 0 saturated carbocycles. The summed E-state index contributed by atoms with van der Waals surface area (Å²) in [5.41, 5.74) is 3.22. The van der Waals surface area contributed by atoms with Crippen molar-refractivity contribution in [2.45, 2.75) is 10.9 Å². The zero-order valence-electron chi connectivity index (χ0n) is 19.4. The minimum atomic E-state index is -4.02. The number of sulfonamides is 1. The largest absolute Gasteiger partial charge is 0.497 e. The number of methoxy groups -OCH3 is 1. The van der Waals surface area contributed by atoms with E-state index in [9.17, 15) is 18.5 Å². The fourth-order valence-corrected chi connectivity index (χ4v) is 4.92. The van der Waals surface area contributed by atoms with Crippen LogP contribution in [0.25, 0.3) is 5.57 Å². The molecule has 0 bridgehead atoms. The van der Waals surface area contributed by atoms with E-state index in [2.05, 4.69) is 4.72 Å². The highest BCUT2D eigenvalue weighted by molar-refractivity contribution is 7.89. The summed E-state index contributed by atoms with van der Waals surface area (Å²) in [6.07, 6.45) is 1.87. The zero-order valence-corrected chi connectivity index (χ0v) is 20.3. The van der Waals surface area contributed by atoms with E-state index in [0.29, 0.717) is 11.3 Å². The molecule has 0 aliphatic heterocycles. The molecule has 0 heterocycles. The second kappa shape index (κ2) is 11.0. The second-order valence-corrected chi connectivity index (χ2v) is 9.65. The zero-order chi connectivity index (χ0) is 25.5. The third-order valence-corrected chi connectivity index (χ3v) is 7.07. The van der Waals surface area contributed by atoms with Gasteiger partial charge in [0.05, 0.1) is 23.0 Å². The van der Waals surface area contributed by atoms with Crippen LogP contribution in [0.5, 0.6) is 5.75 Å². The molecule has 4 aromatic rings. The second-order valence-electron chi connectivity index (χ2n) is 7.94. The fourth-order valence-electron chi connectivity index (χ4n) is 3.75. The number of ether oxygens (including phenoxy) is 1. The van der Waals surface area contributed by atoms with Crippen LogP contribution in [-0.2, 0) is 10.0 Å². The number of nitrogens with zero attached hydrogens (tertiary/aromatic N) is 1. The molecule has 0 aromatic heterocycles. The Morgan fingerprint density at radius 1 is 0.833 bits per heavy atom. The Labute approximate surface area is 209 Å². The van der Waals surface area contributed by atoms with Crippen molar-refractivity contribution in [3.05, 3.63) is 142 Å². The van der Waals surface area contributed by atoms with E-state index in [-0.39, 0.29) is 10.6 Å². The van der Waals surface area contributed by atoms with Gasteiger partial charge < -0.3 is 4.74 Å². The summed E-state index contributed by atoms with van der Waals surface area (Å²) in [4.78, 5) is 10.4. The van der Waals surface area contributed by atoms with E-state index < -0.39 is 21.0 Å². The highest BCUT2D eigenvalue weighted by Crippen LogP contribution is 2.30. The highest BCUT2D eigenvalue weighted by atomic mass is 32.2. The molecule has 0 aliphatic rings. The molecule has 0 amide bonds. The Hall–Kier alpha value is -4.27. The standard InChI is InChI=1S/C28H24N2O5S/c1-35-25-16-12-23(13-17-25)28(29-36(33,34)26-18-14-24(15-19-26)30(31)32)20-27(21-8-4-2-5-9-21)22-10-6-3-7-11-22/h2-20,28-29H,1H3/t28-/m1/s1. The molecule has 0 radical (unpaired) electrons. The maximum absolute atomic E-state index is 13.3.